The first-order valence-electron chi connectivity index (χ1n) is 11.7. The highest BCUT2D eigenvalue weighted by Gasteiger charge is 2.09. The molecular formula is C25H39FO4. The van der Waals surface area contributed by atoms with Crippen LogP contribution in [-0.2, 0) is 25.7 Å². The number of carbonyl (C=O) groups is 2. The van der Waals surface area contributed by atoms with Gasteiger partial charge in [-0.2, -0.15) is 0 Å². The lowest BCUT2D eigenvalue weighted by Crippen LogP contribution is -2.11. The molecule has 0 N–H and O–H groups in total. The molecule has 1 aromatic rings. The van der Waals surface area contributed by atoms with Crippen molar-refractivity contribution in [1.29, 1.82) is 0 Å². The highest BCUT2D eigenvalue weighted by atomic mass is 19.1. The Labute approximate surface area is 181 Å². The van der Waals surface area contributed by atoms with Crippen LogP contribution in [0.2, 0.25) is 0 Å². The summed E-state index contributed by atoms with van der Waals surface area (Å²) in [4.78, 5) is 23.4. The highest BCUT2D eigenvalue weighted by molar-refractivity contribution is 5.77. The van der Waals surface area contributed by atoms with Crippen LogP contribution in [0.4, 0.5) is 4.39 Å². The van der Waals surface area contributed by atoms with Crippen molar-refractivity contribution >= 4 is 11.9 Å². The number of rotatable bonds is 18. The predicted molar refractivity (Wildman–Crippen MR) is 117 cm³/mol. The second-order valence-corrected chi connectivity index (χ2v) is 7.90. The fourth-order valence-electron chi connectivity index (χ4n) is 3.27. The summed E-state index contributed by atoms with van der Waals surface area (Å²) in [7, 11) is 0. The van der Waals surface area contributed by atoms with Gasteiger partial charge in [-0.1, -0.05) is 89.7 Å². The molecule has 0 radical (unpaired) electrons. The van der Waals surface area contributed by atoms with Gasteiger partial charge in [0.25, 0.3) is 0 Å². The fraction of sp³-hybridized carbons (Fsp3) is 0.680. The van der Waals surface area contributed by atoms with E-state index >= 15 is 0 Å². The van der Waals surface area contributed by atoms with E-state index in [4.69, 9.17) is 9.47 Å². The van der Waals surface area contributed by atoms with Crippen LogP contribution in [0.3, 0.4) is 0 Å². The van der Waals surface area contributed by atoms with Crippen LogP contribution in [0.5, 0.6) is 0 Å². The van der Waals surface area contributed by atoms with Crippen molar-refractivity contribution in [2.24, 2.45) is 0 Å². The third kappa shape index (κ3) is 15.0. The van der Waals surface area contributed by atoms with Crippen LogP contribution in [-0.4, -0.2) is 18.5 Å². The number of benzene rings is 1. The standard InChI is InChI=1S/C25H39FO4/c1-2-3-4-5-6-7-8-9-10-11-12-13-19-29-24(27)17-18-25(28)30-21-22-15-14-16-23(26)20-22/h14-16,20H,2-13,17-19,21H2,1H3. The van der Waals surface area contributed by atoms with Crippen LogP contribution >= 0.6 is 0 Å². The van der Waals surface area contributed by atoms with Gasteiger partial charge in [-0.15, -0.1) is 0 Å². The van der Waals surface area contributed by atoms with Crippen molar-refractivity contribution < 1.29 is 23.5 Å². The van der Waals surface area contributed by atoms with Crippen molar-refractivity contribution in [2.75, 3.05) is 6.61 Å². The molecule has 0 aliphatic carbocycles. The van der Waals surface area contributed by atoms with Gasteiger partial charge in [0.05, 0.1) is 19.4 Å². The van der Waals surface area contributed by atoms with Gasteiger partial charge in [-0.05, 0) is 24.1 Å². The number of unbranched alkanes of at least 4 members (excludes halogenated alkanes) is 11. The molecule has 0 heterocycles. The van der Waals surface area contributed by atoms with E-state index in [2.05, 4.69) is 6.92 Å². The molecule has 30 heavy (non-hydrogen) atoms. The number of esters is 2. The van der Waals surface area contributed by atoms with Gasteiger partial charge < -0.3 is 9.47 Å². The second kappa shape index (κ2) is 17.9. The fourth-order valence-corrected chi connectivity index (χ4v) is 3.27. The number of ether oxygens (including phenoxy) is 2. The molecule has 0 aliphatic rings. The minimum atomic E-state index is -0.485. The maximum atomic E-state index is 13.1. The van der Waals surface area contributed by atoms with E-state index in [1.807, 2.05) is 0 Å². The second-order valence-electron chi connectivity index (χ2n) is 7.90. The van der Waals surface area contributed by atoms with Gasteiger partial charge in [-0.3, -0.25) is 9.59 Å². The Kier molecular flexibility index (Phi) is 15.6. The molecule has 1 rings (SSSR count). The molecule has 0 spiro atoms. The topological polar surface area (TPSA) is 52.6 Å². The first kappa shape index (κ1) is 26.1. The molecule has 4 nitrogen and oxygen atoms in total. The molecular weight excluding hydrogens is 383 g/mol. The molecule has 0 unspecified atom stereocenters. The molecule has 0 aliphatic heterocycles. The number of carbonyl (C=O) groups excluding carboxylic acids is 2. The summed E-state index contributed by atoms with van der Waals surface area (Å²) >= 11 is 0. The van der Waals surface area contributed by atoms with Crippen LogP contribution in [0.1, 0.15) is 102 Å². The van der Waals surface area contributed by atoms with Crippen molar-refractivity contribution in [1.82, 2.24) is 0 Å². The molecule has 5 heteroatoms. The smallest absolute Gasteiger partial charge is 0.306 e. The molecule has 1 aromatic carbocycles. The van der Waals surface area contributed by atoms with E-state index in [0.29, 0.717) is 12.2 Å². The lowest BCUT2D eigenvalue weighted by molar-refractivity contribution is -0.151. The summed E-state index contributed by atoms with van der Waals surface area (Å²) in [6.45, 7) is 2.66. The monoisotopic (exact) mass is 422 g/mol. The van der Waals surface area contributed by atoms with Crippen LogP contribution in [0, 0.1) is 5.82 Å². The average molecular weight is 423 g/mol. The van der Waals surface area contributed by atoms with Gasteiger partial charge in [0, 0.05) is 0 Å². The summed E-state index contributed by atoms with van der Waals surface area (Å²) in [5.41, 5.74) is 0.581. The Morgan fingerprint density at radius 1 is 0.767 bits per heavy atom. The largest absolute Gasteiger partial charge is 0.466 e. The first-order valence-corrected chi connectivity index (χ1v) is 11.7. The lowest BCUT2D eigenvalue weighted by Gasteiger charge is -2.06. The minimum Gasteiger partial charge on any atom is -0.466 e. The van der Waals surface area contributed by atoms with Crippen molar-refractivity contribution in [2.45, 2.75) is 103 Å². The molecule has 170 valence electrons. The van der Waals surface area contributed by atoms with Gasteiger partial charge >= 0.3 is 11.9 Å². The van der Waals surface area contributed by atoms with E-state index in [0.717, 1.165) is 12.8 Å². The Morgan fingerprint density at radius 2 is 1.30 bits per heavy atom. The summed E-state index contributed by atoms with van der Waals surface area (Å²) < 4.78 is 23.3. The van der Waals surface area contributed by atoms with E-state index < -0.39 is 5.97 Å². The van der Waals surface area contributed by atoms with E-state index in [1.165, 1.54) is 76.3 Å². The SMILES string of the molecule is CCCCCCCCCCCCCCOC(=O)CCC(=O)OCc1cccc(F)c1. The third-order valence-electron chi connectivity index (χ3n) is 5.08. The van der Waals surface area contributed by atoms with E-state index in [9.17, 15) is 14.0 Å². The first-order chi connectivity index (χ1) is 14.6. The molecule has 0 atom stereocenters. The maximum Gasteiger partial charge on any atom is 0.306 e. The molecule has 0 fully saturated rings. The minimum absolute atomic E-state index is 0.00446. The zero-order valence-corrected chi connectivity index (χ0v) is 18.6. The van der Waals surface area contributed by atoms with Gasteiger partial charge in [0.2, 0.25) is 0 Å². The lowest BCUT2D eigenvalue weighted by atomic mass is 10.1. The molecule has 0 saturated carbocycles. The predicted octanol–water partition coefficient (Wildman–Crippen LogP) is 6.89. The summed E-state index contributed by atoms with van der Waals surface area (Å²) in [6, 6.07) is 5.89. The van der Waals surface area contributed by atoms with Crippen LogP contribution < -0.4 is 0 Å². The van der Waals surface area contributed by atoms with E-state index in [-0.39, 0.29) is 31.2 Å². The van der Waals surface area contributed by atoms with Crippen LogP contribution in [0.25, 0.3) is 0 Å². The third-order valence-corrected chi connectivity index (χ3v) is 5.08. The number of hydrogen-bond acceptors (Lipinski definition) is 4. The average Bonchev–Trinajstić information content (AvgIpc) is 2.74. The van der Waals surface area contributed by atoms with Gasteiger partial charge in [-0.25, -0.2) is 4.39 Å². The summed E-state index contributed by atoms with van der Waals surface area (Å²) in [5, 5.41) is 0. The molecule has 0 aromatic heterocycles. The highest BCUT2D eigenvalue weighted by Crippen LogP contribution is 2.12. The molecule has 0 saturated heterocycles. The Morgan fingerprint density at radius 3 is 1.87 bits per heavy atom. The van der Waals surface area contributed by atoms with Crippen molar-refractivity contribution in [3.05, 3.63) is 35.6 Å². The molecule has 0 amide bonds. The van der Waals surface area contributed by atoms with E-state index in [1.54, 1.807) is 12.1 Å². The van der Waals surface area contributed by atoms with Crippen molar-refractivity contribution in [3.63, 3.8) is 0 Å². The number of halogens is 1. The van der Waals surface area contributed by atoms with Crippen LogP contribution in [0.15, 0.2) is 24.3 Å². The Bertz CT molecular complexity index is 588. The Hall–Kier alpha value is -1.91. The number of hydrogen-bond donors (Lipinski definition) is 0. The molecule has 0 bridgehead atoms. The zero-order chi connectivity index (χ0) is 21.9. The summed E-state index contributed by atoms with van der Waals surface area (Å²) in [6.07, 6.45) is 15.1. The summed E-state index contributed by atoms with van der Waals surface area (Å²) in [5.74, 6) is -1.23. The Balaban J connectivity index is 1.88. The van der Waals surface area contributed by atoms with Crippen molar-refractivity contribution in [3.8, 4) is 0 Å². The maximum absolute atomic E-state index is 13.1. The quantitative estimate of drug-likeness (QED) is 0.191. The van der Waals surface area contributed by atoms with Gasteiger partial charge in [0.15, 0.2) is 0 Å². The zero-order valence-electron chi connectivity index (χ0n) is 18.6. The van der Waals surface area contributed by atoms with Gasteiger partial charge in [0.1, 0.15) is 12.4 Å². The normalized spacial score (nSPS) is 10.7.